The van der Waals surface area contributed by atoms with Gasteiger partial charge in [0.15, 0.2) is 0 Å². The summed E-state index contributed by atoms with van der Waals surface area (Å²) in [6, 6.07) is 4.72. The van der Waals surface area contributed by atoms with Crippen molar-refractivity contribution in [3.8, 4) is 0 Å². The van der Waals surface area contributed by atoms with Crippen molar-refractivity contribution < 1.29 is 18.0 Å². The van der Waals surface area contributed by atoms with E-state index in [0.29, 0.717) is 0 Å². The second kappa shape index (κ2) is 5.62. The van der Waals surface area contributed by atoms with E-state index in [2.05, 4.69) is 20.4 Å². The number of alkyl halides is 3. The van der Waals surface area contributed by atoms with Gasteiger partial charge in [-0.25, -0.2) is 9.97 Å². The van der Waals surface area contributed by atoms with E-state index in [0.717, 1.165) is 10.1 Å². The molecule has 126 valence electrons. The number of amides is 1. The molecule has 2 aromatic heterocycles. The summed E-state index contributed by atoms with van der Waals surface area (Å²) in [5, 5.41) is 6.22. The Morgan fingerprint density at radius 1 is 1.33 bits per heavy atom. The molecule has 1 N–H and O–H groups in total. The van der Waals surface area contributed by atoms with Crippen LogP contribution in [-0.4, -0.2) is 30.2 Å². The van der Waals surface area contributed by atoms with Crippen LogP contribution in [0.5, 0.6) is 0 Å². The van der Waals surface area contributed by atoms with Gasteiger partial charge in [-0.15, -0.1) is 5.10 Å². The molecule has 0 saturated carbocycles. The normalized spacial score (nSPS) is 11.9. The van der Waals surface area contributed by atoms with Gasteiger partial charge in [0.25, 0.3) is 0 Å². The third-order valence-electron chi connectivity index (χ3n) is 3.31. The lowest BCUT2D eigenvalue weighted by Gasteiger charge is -2.11. The molecule has 1 amide bonds. The van der Waals surface area contributed by atoms with Crippen molar-refractivity contribution >= 4 is 22.9 Å². The first-order chi connectivity index (χ1) is 11.2. The fourth-order valence-electron chi connectivity index (χ4n) is 2.31. The molecular formula is C14H13F3N6O. The molecule has 3 aromatic rings. The number of nitrogens with one attached hydrogen (secondary N) is 1. The minimum Gasteiger partial charge on any atom is -0.311 e. The standard InChI is InChI=1S/C14H13F3N6O/c1-8-3-4-9-10(5-8)23(12(19-9)14(15,16)17)6-11(24)20-13-18-7-22(2)21-13/h3-5,7H,6H2,1-2H3,(H,20,21,24). The van der Waals surface area contributed by atoms with Crippen LogP contribution in [0.25, 0.3) is 11.0 Å². The summed E-state index contributed by atoms with van der Waals surface area (Å²) in [5.41, 5.74) is 1.19. The van der Waals surface area contributed by atoms with Gasteiger partial charge in [-0.05, 0) is 24.6 Å². The Morgan fingerprint density at radius 3 is 2.71 bits per heavy atom. The highest BCUT2D eigenvalue weighted by Gasteiger charge is 2.38. The van der Waals surface area contributed by atoms with Gasteiger partial charge in [-0.3, -0.25) is 14.8 Å². The van der Waals surface area contributed by atoms with E-state index < -0.39 is 24.5 Å². The maximum atomic E-state index is 13.2. The van der Waals surface area contributed by atoms with Gasteiger partial charge >= 0.3 is 6.18 Å². The van der Waals surface area contributed by atoms with Gasteiger partial charge in [0.05, 0.1) is 11.0 Å². The van der Waals surface area contributed by atoms with Crippen molar-refractivity contribution in [1.29, 1.82) is 0 Å². The molecule has 0 bridgehead atoms. The van der Waals surface area contributed by atoms with Crippen LogP contribution in [-0.2, 0) is 24.6 Å². The van der Waals surface area contributed by atoms with Gasteiger partial charge in [0.2, 0.25) is 17.7 Å². The summed E-state index contributed by atoms with van der Waals surface area (Å²) in [5.74, 6) is -1.77. The average molecular weight is 338 g/mol. The Hall–Kier alpha value is -2.91. The molecule has 0 unspecified atom stereocenters. The van der Waals surface area contributed by atoms with Gasteiger partial charge < -0.3 is 4.57 Å². The minimum atomic E-state index is -4.67. The predicted octanol–water partition coefficient (Wildman–Crippen LogP) is 2.13. The summed E-state index contributed by atoms with van der Waals surface area (Å²) in [6.07, 6.45) is -3.30. The number of aryl methyl sites for hydroxylation is 2. The van der Waals surface area contributed by atoms with Crippen molar-refractivity contribution in [1.82, 2.24) is 24.3 Å². The lowest BCUT2D eigenvalue weighted by molar-refractivity contribution is -0.147. The minimum absolute atomic E-state index is 0.0247. The highest BCUT2D eigenvalue weighted by molar-refractivity contribution is 5.90. The van der Waals surface area contributed by atoms with Crippen molar-refractivity contribution in [3.63, 3.8) is 0 Å². The van der Waals surface area contributed by atoms with Crippen LogP contribution in [0.4, 0.5) is 19.1 Å². The number of carbonyl (C=O) groups is 1. The number of imidazole rings is 1. The van der Waals surface area contributed by atoms with Crippen LogP contribution in [0.1, 0.15) is 11.4 Å². The first-order valence-electron chi connectivity index (χ1n) is 6.93. The highest BCUT2D eigenvalue weighted by Crippen LogP contribution is 2.31. The number of rotatable bonds is 3. The van der Waals surface area contributed by atoms with Gasteiger partial charge in [0.1, 0.15) is 12.9 Å². The summed E-state index contributed by atoms with van der Waals surface area (Å²) in [4.78, 5) is 19.5. The lowest BCUT2D eigenvalue weighted by Crippen LogP contribution is -2.23. The second-order valence-electron chi connectivity index (χ2n) is 5.30. The number of carbonyl (C=O) groups excluding carboxylic acids is 1. The molecule has 24 heavy (non-hydrogen) atoms. The molecule has 10 heteroatoms. The monoisotopic (exact) mass is 338 g/mol. The Bertz CT molecular complexity index is 911. The molecular weight excluding hydrogens is 325 g/mol. The molecule has 0 aliphatic heterocycles. The van der Waals surface area contributed by atoms with Gasteiger partial charge in [-0.2, -0.15) is 13.2 Å². The topological polar surface area (TPSA) is 77.6 Å². The van der Waals surface area contributed by atoms with Crippen LogP contribution >= 0.6 is 0 Å². The van der Waals surface area contributed by atoms with E-state index >= 15 is 0 Å². The van der Waals surface area contributed by atoms with E-state index in [9.17, 15) is 18.0 Å². The quantitative estimate of drug-likeness (QED) is 0.794. The molecule has 0 radical (unpaired) electrons. The Morgan fingerprint density at radius 2 is 2.08 bits per heavy atom. The lowest BCUT2D eigenvalue weighted by atomic mass is 10.2. The first-order valence-corrected chi connectivity index (χ1v) is 6.93. The number of halogens is 3. The average Bonchev–Trinajstić information content (AvgIpc) is 3.03. The van der Waals surface area contributed by atoms with E-state index in [1.54, 1.807) is 26.1 Å². The number of hydrogen-bond donors (Lipinski definition) is 1. The molecule has 0 aliphatic rings. The van der Waals surface area contributed by atoms with Crippen LogP contribution in [0.15, 0.2) is 24.5 Å². The van der Waals surface area contributed by atoms with Gasteiger partial charge in [-0.1, -0.05) is 6.07 Å². The molecule has 7 nitrogen and oxygen atoms in total. The number of benzene rings is 1. The number of anilines is 1. The van der Waals surface area contributed by atoms with E-state index in [4.69, 9.17) is 0 Å². The van der Waals surface area contributed by atoms with E-state index in [-0.39, 0.29) is 17.0 Å². The molecule has 1 aromatic carbocycles. The van der Waals surface area contributed by atoms with Crippen LogP contribution in [0.2, 0.25) is 0 Å². The number of aromatic nitrogens is 5. The number of fused-ring (bicyclic) bond motifs is 1. The van der Waals surface area contributed by atoms with Crippen molar-refractivity contribution in [2.45, 2.75) is 19.6 Å². The predicted molar refractivity (Wildman–Crippen MR) is 79.1 cm³/mol. The van der Waals surface area contributed by atoms with Crippen LogP contribution in [0.3, 0.4) is 0 Å². The largest absolute Gasteiger partial charge is 0.449 e. The fourth-order valence-corrected chi connectivity index (χ4v) is 2.31. The third-order valence-corrected chi connectivity index (χ3v) is 3.31. The van der Waals surface area contributed by atoms with Crippen LogP contribution < -0.4 is 5.32 Å². The highest BCUT2D eigenvalue weighted by atomic mass is 19.4. The van der Waals surface area contributed by atoms with Gasteiger partial charge in [0, 0.05) is 7.05 Å². The van der Waals surface area contributed by atoms with Crippen molar-refractivity contribution in [3.05, 3.63) is 35.9 Å². The number of hydrogen-bond acceptors (Lipinski definition) is 4. The Balaban J connectivity index is 1.97. The van der Waals surface area contributed by atoms with Crippen molar-refractivity contribution in [2.75, 3.05) is 5.32 Å². The molecule has 2 heterocycles. The fraction of sp³-hybridized carbons (Fsp3) is 0.286. The smallest absolute Gasteiger partial charge is 0.311 e. The Kier molecular flexibility index (Phi) is 3.74. The van der Waals surface area contributed by atoms with E-state index in [1.165, 1.54) is 17.1 Å². The van der Waals surface area contributed by atoms with Crippen molar-refractivity contribution in [2.24, 2.45) is 7.05 Å². The molecule has 0 aliphatic carbocycles. The third kappa shape index (κ3) is 3.07. The zero-order valence-electron chi connectivity index (χ0n) is 12.8. The zero-order valence-corrected chi connectivity index (χ0v) is 12.8. The molecule has 0 fully saturated rings. The summed E-state index contributed by atoms with van der Waals surface area (Å²) < 4.78 is 41.9. The zero-order chi connectivity index (χ0) is 17.5. The van der Waals surface area contributed by atoms with E-state index in [1.807, 2.05) is 0 Å². The SMILES string of the molecule is Cc1ccc2nc(C(F)(F)F)n(CC(=O)Nc3ncn(C)n3)c2c1. The first kappa shape index (κ1) is 16.0. The summed E-state index contributed by atoms with van der Waals surface area (Å²) in [7, 11) is 1.61. The maximum Gasteiger partial charge on any atom is 0.449 e. The maximum absolute atomic E-state index is 13.2. The molecule has 0 saturated heterocycles. The summed E-state index contributed by atoms with van der Waals surface area (Å²) in [6.45, 7) is 1.20. The molecule has 0 atom stereocenters. The summed E-state index contributed by atoms with van der Waals surface area (Å²) >= 11 is 0. The second-order valence-corrected chi connectivity index (χ2v) is 5.30. The number of nitrogens with zero attached hydrogens (tertiary/aromatic N) is 5. The molecule has 3 rings (SSSR count). The Labute approximate surface area is 134 Å². The molecule has 0 spiro atoms. The van der Waals surface area contributed by atoms with Crippen LogP contribution in [0, 0.1) is 6.92 Å².